The van der Waals surface area contributed by atoms with Crippen molar-refractivity contribution in [3.8, 4) is 6.07 Å². The SMILES string of the molecule is CC1(C)OC(=N)C(C#N)=C1C=Cc1ccco1. The van der Waals surface area contributed by atoms with Crippen molar-refractivity contribution in [3.05, 3.63) is 41.4 Å². The van der Waals surface area contributed by atoms with Gasteiger partial charge >= 0.3 is 0 Å². The van der Waals surface area contributed by atoms with Gasteiger partial charge < -0.3 is 9.15 Å². The topological polar surface area (TPSA) is 70.0 Å². The summed E-state index contributed by atoms with van der Waals surface area (Å²) < 4.78 is 10.5. The van der Waals surface area contributed by atoms with Crippen molar-refractivity contribution in [2.75, 3.05) is 0 Å². The summed E-state index contributed by atoms with van der Waals surface area (Å²) >= 11 is 0. The van der Waals surface area contributed by atoms with Gasteiger partial charge in [0.05, 0.1) is 6.26 Å². The van der Waals surface area contributed by atoms with Crippen molar-refractivity contribution in [3.63, 3.8) is 0 Å². The number of hydrogen-bond donors (Lipinski definition) is 1. The Morgan fingerprint density at radius 2 is 2.18 bits per heavy atom. The van der Waals surface area contributed by atoms with Crippen molar-refractivity contribution >= 4 is 12.0 Å². The van der Waals surface area contributed by atoms with Crippen LogP contribution < -0.4 is 0 Å². The van der Waals surface area contributed by atoms with Crippen LogP contribution in [0.4, 0.5) is 0 Å². The van der Waals surface area contributed by atoms with Gasteiger partial charge in [0.2, 0.25) is 5.90 Å². The van der Waals surface area contributed by atoms with E-state index in [1.165, 1.54) is 0 Å². The molecule has 0 amide bonds. The Labute approximate surface area is 99.3 Å². The van der Waals surface area contributed by atoms with Gasteiger partial charge in [0.15, 0.2) is 0 Å². The summed E-state index contributed by atoms with van der Waals surface area (Å²) in [6.07, 6.45) is 5.10. The van der Waals surface area contributed by atoms with Crippen LogP contribution in [0.15, 0.2) is 40.0 Å². The van der Waals surface area contributed by atoms with Crippen molar-refractivity contribution in [2.45, 2.75) is 19.4 Å². The lowest BCUT2D eigenvalue weighted by Crippen LogP contribution is -2.22. The first kappa shape index (κ1) is 11.2. The van der Waals surface area contributed by atoms with Crippen molar-refractivity contribution < 1.29 is 9.15 Å². The smallest absolute Gasteiger partial charge is 0.225 e. The third-order valence-corrected chi connectivity index (χ3v) is 2.57. The second kappa shape index (κ2) is 3.95. The van der Waals surface area contributed by atoms with Gasteiger partial charge in [-0.15, -0.1) is 0 Å². The van der Waals surface area contributed by atoms with Crippen molar-refractivity contribution in [1.82, 2.24) is 0 Å². The summed E-state index contributed by atoms with van der Waals surface area (Å²) in [5.41, 5.74) is 0.324. The molecule has 2 rings (SSSR count). The first-order valence-corrected chi connectivity index (χ1v) is 5.19. The maximum Gasteiger partial charge on any atom is 0.225 e. The molecule has 4 heteroatoms. The molecule has 86 valence electrons. The molecule has 0 fully saturated rings. The first-order valence-electron chi connectivity index (χ1n) is 5.19. The predicted octanol–water partition coefficient (Wildman–Crippen LogP) is 2.90. The van der Waals surface area contributed by atoms with Gasteiger partial charge in [0, 0.05) is 5.57 Å². The zero-order valence-electron chi connectivity index (χ0n) is 9.65. The molecule has 0 radical (unpaired) electrons. The van der Waals surface area contributed by atoms with Crippen LogP contribution in [0, 0.1) is 16.7 Å². The van der Waals surface area contributed by atoms with Gasteiger partial charge in [-0.25, -0.2) is 0 Å². The average molecular weight is 228 g/mol. The predicted molar refractivity (Wildman–Crippen MR) is 63.3 cm³/mol. The summed E-state index contributed by atoms with van der Waals surface area (Å²) in [6.45, 7) is 3.65. The van der Waals surface area contributed by atoms with E-state index in [2.05, 4.69) is 0 Å². The van der Waals surface area contributed by atoms with E-state index in [-0.39, 0.29) is 11.5 Å². The molecule has 0 bridgehead atoms. The largest absolute Gasteiger partial charge is 0.466 e. The number of nitriles is 1. The lowest BCUT2D eigenvalue weighted by Gasteiger charge is -2.19. The Morgan fingerprint density at radius 1 is 1.41 bits per heavy atom. The molecule has 1 aliphatic rings. The van der Waals surface area contributed by atoms with Gasteiger partial charge in [0.25, 0.3) is 0 Å². The zero-order chi connectivity index (χ0) is 12.5. The zero-order valence-corrected chi connectivity index (χ0v) is 9.65. The van der Waals surface area contributed by atoms with E-state index < -0.39 is 5.60 Å². The lowest BCUT2D eigenvalue weighted by molar-refractivity contribution is 0.152. The minimum atomic E-state index is -0.648. The number of nitrogens with zero attached hydrogens (tertiary/aromatic N) is 1. The summed E-state index contributed by atoms with van der Waals surface area (Å²) in [7, 11) is 0. The third kappa shape index (κ3) is 2.00. The number of ether oxygens (including phenoxy) is 1. The van der Waals surface area contributed by atoms with Crippen LogP contribution in [0.2, 0.25) is 0 Å². The summed E-state index contributed by atoms with van der Waals surface area (Å²) in [5, 5.41) is 16.6. The van der Waals surface area contributed by atoms with Crippen molar-refractivity contribution in [2.24, 2.45) is 0 Å². The molecule has 0 spiro atoms. The number of hydrogen-bond acceptors (Lipinski definition) is 4. The minimum Gasteiger partial charge on any atom is -0.466 e. The van der Waals surface area contributed by atoms with E-state index in [0.717, 1.165) is 0 Å². The molecule has 1 aliphatic heterocycles. The summed E-state index contributed by atoms with van der Waals surface area (Å²) in [6, 6.07) is 5.60. The number of rotatable bonds is 2. The third-order valence-electron chi connectivity index (χ3n) is 2.57. The van der Waals surface area contributed by atoms with E-state index >= 15 is 0 Å². The molecular weight excluding hydrogens is 216 g/mol. The lowest BCUT2D eigenvalue weighted by atomic mass is 9.95. The van der Waals surface area contributed by atoms with Crippen LogP contribution in [0.25, 0.3) is 6.08 Å². The van der Waals surface area contributed by atoms with Crippen LogP contribution in [-0.2, 0) is 4.74 Å². The van der Waals surface area contributed by atoms with E-state index in [1.54, 1.807) is 24.5 Å². The molecule has 1 aromatic heterocycles. The summed E-state index contributed by atoms with van der Waals surface area (Å²) in [4.78, 5) is 0. The highest BCUT2D eigenvalue weighted by molar-refractivity contribution is 6.00. The molecule has 0 saturated heterocycles. The standard InChI is InChI=1S/C13H12N2O2/c1-13(2)11(10(8-14)12(15)17-13)6-5-9-4-3-7-16-9/h3-7,15H,1-2H3. The molecular formula is C13H12N2O2. The summed E-state index contributed by atoms with van der Waals surface area (Å²) in [5.74, 6) is 0.626. The second-order valence-electron chi connectivity index (χ2n) is 4.19. The highest BCUT2D eigenvalue weighted by atomic mass is 16.5. The molecule has 17 heavy (non-hydrogen) atoms. The normalized spacial score (nSPS) is 18.5. The molecule has 0 saturated carbocycles. The molecule has 1 N–H and O–H groups in total. The Bertz CT molecular complexity index is 542. The Hall–Kier alpha value is -2.28. The Morgan fingerprint density at radius 3 is 2.76 bits per heavy atom. The van der Waals surface area contributed by atoms with Crippen LogP contribution in [-0.4, -0.2) is 11.5 Å². The van der Waals surface area contributed by atoms with E-state index in [1.807, 2.05) is 26.0 Å². The van der Waals surface area contributed by atoms with E-state index in [0.29, 0.717) is 11.3 Å². The van der Waals surface area contributed by atoms with E-state index in [9.17, 15) is 0 Å². The van der Waals surface area contributed by atoms with Crippen molar-refractivity contribution in [1.29, 1.82) is 10.7 Å². The maximum absolute atomic E-state index is 9.01. The number of furan rings is 1. The van der Waals surface area contributed by atoms with Gasteiger partial charge in [-0.05, 0) is 38.1 Å². The number of nitrogens with one attached hydrogen (secondary N) is 1. The Kier molecular flexibility index (Phi) is 2.60. The molecule has 1 aromatic rings. The second-order valence-corrected chi connectivity index (χ2v) is 4.19. The monoisotopic (exact) mass is 228 g/mol. The first-order chi connectivity index (χ1) is 8.04. The Balaban J connectivity index is 2.38. The van der Waals surface area contributed by atoms with Gasteiger partial charge in [-0.3, -0.25) is 5.41 Å². The van der Waals surface area contributed by atoms with E-state index in [4.69, 9.17) is 19.8 Å². The average Bonchev–Trinajstić information content (AvgIpc) is 2.81. The van der Waals surface area contributed by atoms with Crippen LogP contribution in [0.1, 0.15) is 19.6 Å². The van der Waals surface area contributed by atoms with Crippen LogP contribution >= 0.6 is 0 Å². The van der Waals surface area contributed by atoms with Gasteiger partial charge in [-0.2, -0.15) is 5.26 Å². The molecule has 4 nitrogen and oxygen atoms in total. The molecule has 0 atom stereocenters. The highest BCUT2D eigenvalue weighted by Crippen LogP contribution is 2.33. The molecule has 2 heterocycles. The fourth-order valence-electron chi connectivity index (χ4n) is 1.73. The van der Waals surface area contributed by atoms with Gasteiger partial charge in [-0.1, -0.05) is 0 Å². The molecule has 0 aromatic carbocycles. The highest BCUT2D eigenvalue weighted by Gasteiger charge is 2.36. The quantitative estimate of drug-likeness (QED) is 0.846. The fraction of sp³-hybridized carbons (Fsp3) is 0.231. The molecule has 0 unspecified atom stereocenters. The fourth-order valence-corrected chi connectivity index (χ4v) is 1.73. The maximum atomic E-state index is 9.01. The minimum absolute atomic E-state index is 0.0726. The van der Waals surface area contributed by atoms with Gasteiger partial charge in [0.1, 0.15) is 23.0 Å². The van der Waals surface area contributed by atoms with Crippen LogP contribution in [0.5, 0.6) is 0 Å². The molecule has 0 aliphatic carbocycles. The van der Waals surface area contributed by atoms with Crippen LogP contribution in [0.3, 0.4) is 0 Å².